The van der Waals surface area contributed by atoms with Crippen molar-refractivity contribution in [1.29, 1.82) is 0 Å². The Morgan fingerprint density at radius 1 is 1.35 bits per heavy atom. The number of piperidine rings is 1. The Morgan fingerprint density at radius 2 is 2.13 bits per heavy atom. The van der Waals surface area contributed by atoms with Crippen LogP contribution < -0.4 is 10.2 Å². The van der Waals surface area contributed by atoms with Gasteiger partial charge in [-0.1, -0.05) is 13.0 Å². The van der Waals surface area contributed by atoms with Crippen molar-refractivity contribution < 1.29 is 9.90 Å². The minimum Gasteiger partial charge on any atom is -0.392 e. The van der Waals surface area contributed by atoms with Gasteiger partial charge in [-0.2, -0.15) is 0 Å². The molecule has 5 heteroatoms. The Bertz CT molecular complexity index is 659. The first-order valence-corrected chi connectivity index (χ1v) is 8.11. The van der Waals surface area contributed by atoms with E-state index in [4.69, 9.17) is 0 Å². The first kappa shape index (κ1) is 15.6. The van der Waals surface area contributed by atoms with Crippen LogP contribution in [0.2, 0.25) is 0 Å². The highest BCUT2D eigenvalue weighted by Gasteiger charge is 2.20. The third-order valence-corrected chi connectivity index (χ3v) is 4.46. The second-order valence-electron chi connectivity index (χ2n) is 6.22. The van der Waals surface area contributed by atoms with Crippen LogP contribution in [-0.2, 0) is 6.61 Å². The van der Waals surface area contributed by atoms with Crippen LogP contribution >= 0.6 is 0 Å². The predicted molar refractivity (Wildman–Crippen MR) is 91.7 cm³/mol. The summed E-state index contributed by atoms with van der Waals surface area (Å²) in [7, 11) is 0. The van der Waals surface area contributed by atoms with Crippen molar-refractivity contribution in [3.8, 4) is 0 Å². The lowest BCUT2D eigenvalue weighted by Crippen LogP contribution is -2.33. The summed E-state index contributed by atoms with van der Waals surface area (Å²) in [4.78, 5) is 17.6. The number of aromatic amines is 1. The van der Waals surface area contributed by atoms with Gasteiger partial charge in [0.15, 0.2) is 0 Å². The molecule has 3 rings (SSSR count). The quantitative estimate of drug-likeness (QED) is 0.813. The van der Waals surface area contributed by atoms with Crippen LogP contribution in [0.5, 0.6) is 0 Å². The zero-order valence-electron chi connectivity index (χ0n) is 13.4. The second kappa shape index (κ2) is 6.87. The maximum atomic E-state index is 12.3. The van der Waals surface area contributed by atoms with Gasteiger partial charge in [0.1, 0.15) is 5.69 Å². The fourth-order valence-corrected chi connectivity index (χ4v) is 2.97. The smallest absolute Gasteiger partial charge is 0.272 e. The van der Waals surface area contributed by atoms with Crippen LogP contribution in [0.3, 0.4) is 0 Å². The molecule has 0 radical (unpaired) electrons. The highest BCUT2D eigenvalue weighted by molar-refractivity contribution is 6.04. The van der Waals surface area contributed by atoms with E-state index in [2.05, 4.69) is 22.1 Å². The molecule has 1 saturated heterocycles. The molecule has 1 aliphatic rings. The number of aromatic nitrogens is 1. The molecule has 122 valence electrons. The largest absolute Gasteiger partial charge is 0.392 e. The Balaban J connectivity index is 1.85. The van der Waals surface area contributed by atoms with Crippen molar-refractivity contribution in [1.82, 2.24) is 4.98 Å². The number of aliphatic hydroxyl groups excluding tert-OH is 1. The number of benzene rings is 1. The van der Waals surface area contributed by atoms with Crippen molar-refractivity contribution in [3.63, 3.8) is 0 Å². The summed E-state index contributed by atoms with van der Waals surface area (Å²) in [5, 5.41) is 12.4. The number of nitrogens with zero attached hydrogens (tertiary/aromatic N) is 1. The number of carbonyl (C=O) groups excluding carboxylic acids is 1. The number of nitrogens with one attached hydrogen (secondary N) is 2. The van der Waals surface area contributed by atoms with Gasteiger partial charge in [0.05, 0.1) is 18.0 Å². The van der Waals surface area contributed by atoms with Crippen LogP contribution in [-0.4, -0.2) is 29.1 Å². The number of hydrogen-bond acceptors (Lipinski definition) is 3. The van der Waals surface area contributed by atoms with Crippen LogP contribution in [0.15, 0.2) is 36.5 Å². The third kappa shape index (κ3) is 3.56. The van der Waals surface area contributed by atoms with E-state index in [1.165, 1.54) is 0 Å². The second-order valence-corrected chi connectivity index (χ2v) is 6.22. The number of carbonyl (C=O) groups is 1. The molecular formula is C18H23N3O2. The normalized spacial score (nSPS) is 15.7. The molecule has 1 amide bonds. The monoisotopic (exact) mass is 313 g/mol. The van der Waals surface area contributed by atoms with Gasteiger partial charge in [-0.15, -0.1) is 0 Å². The van der Waals surface area contributed by atoms with Crippen LogP contribution in [0.25, 0.3) is 0 Å². The minimum absolute atomic E-state index is 0.0390. The Labute approximate surface area is 136 Å². The average molecular weight is 313 g/mol. The number of aliphatic hydroxyl groups is 1. The first-order valence-electron chi connectivity index (χ1n) is 8.11. The predicted octanol–water partition coefficient (Wildman–Crippen LogP) is 3.00. The number of amides is 1. The molecule has 0 saturated carbocycles. The molecular weight excluding hydrogens is 290 g/mol. The van der Waals surface area contributed by atoms with E-state index in [1.54, 1.807) is 18.3 Å². The van der Waals surface area contributed by atoms with Gasteiger partial charge in [0.2, 0.25) is 0 Å². The van der Waals surface area contributed by atoms with E-state index < -0.39 is 0 Å². The SMILES string of the molecule is CC1CCN(c2ccc(CO)cc2NC(=O)c2ccc[nH]2)CC1. The van der Waals surface area contributed by atoms with E-state index in [-0.39, 0.29) is 12.5 Å². The summed E-state index contributed by atoms with van der Waals surface area (Å²) in [6.07, 6.45) is 4.05. The molecule has 5 nitrogen and oxygen atoms in total. The van der Waals surface area contributed by atoms with Gasteiger partial charge >= 0.3 is 0 Å². The molecule has 0 bridgehead atoms. The standard InChI is InChI=1S/C18H23N3O2/c1-13-6-9-21(10-7-13)17-5-4-14(12-22)11-16(17)20-18(23)15-3-2-8-19-15/h2-5,8,11,13,19,22H,6-7,9-10,12H2,1H3,(H,20,23). The number of rotatable bonds is 4. The fourth-order valence-electron chi connectivity index (χ4n) is 2.97. The summed E-state index contributed by atoms with van der Waals surface area (Å²) in [6.45, 7) is 4.22. The van der Waals surface area contributed by atoms with Gasteiger partial charge in [0.25, 0.3) is 5.91 Å². The topological polar surface area (TPSA) is 68.4 Å². The highest BCUT2D eigenvalue weighted by Crippen LogP contribution is 2.31. The van der Waals surface area contributed by atoms with Crippen molar-refractivity contribution in [2.75, 3.05) is 23.3 Å². The van der Waals surface area contributed by atoms with E-state index in [1.807, 2.05) is 18.2 Å². The molecule has 2 heterocycles. The molecule has 23 heavy (non-hydrogen) atoms. The molecule has 0 unspecified atom stereocenters. The van der Waals surface area contributed by atoms with E-state index in [0.717, 1.165) is 48.8 Å². The maximum Gasteiger partial charge on any atom is 0.272 e. The molecule has 1 aromatic carbocycles. The van der Waals surface area contributed by atoms with E-state index in [0.29, 0.717) is 5.69 Å². The van der Waals surface area contributed by atoms with E-state index >= 15 is 0 Å². The summed E-state index contributed by atoms with van der Waals surface area (Å²) in [6, 6.07) is 9.30. The van der Waals surface area contributed by atoms with E-state index in [9.17, 15) is 9.90 Å². The van der Waals surface area contributed by atoms with Crippen molar-refractivity contribution in [3.05, 3.63) is 47.8 Å². The molecule has 0 spiro atoms. The zero-order valence-corrected chi connectivity index (χ0v) is 13.4. The summed E-state index contributed by atoms with van der Waals surface area (Å²) in [5.74, 6) is 0.580. The molecule has 1 aromatic heterocycles. The van der Waals surface area contributed by atoms with Crippen LogP contribution in [0.1, 0.15) is 35.8 Å². The van der Waals surface area contributed by atoms with Gasteiger partial charge in [0, 0.05) is 19.3 Å². The fraction of sp³-hybridized carbons (Fsp3) is 0.389. The van der Waals surface area contributed by atoms with Gasteiger partial charge in [-0.3, -0.25) is 4.79 Å². The maximum absolute atomic E-state index is 12.3. The molecule has 2 aromatic rings. The Kier molecular flexibility index (Phi) is 4.67. The third-order valence-electron chi connectivity index (χ3n) is 4.46. The highest BCUT2D eigenvalue weighted by atomic mass is 16.3. The van der Waals surface area contributed by atoms with Gasteiger partial charge < -0.3 is 20.3 Å². The number of anilines is 2. The molecule has 0 aliphatic carbocycles. The lowest BCUT2D eigenvalue weighted by Gasteiger charge is -2.33. The Hall–Kier alpha value is -2.27. The lowest BCUT2D eigenvalue weighted by molar-refractivity contribution is 0.102. The summed E-state index contributed by atoms with van der Waals surface area (Å²) >= 11 is 0. The summed E-state index contributed by atoms with van der Waals surface area (Å²) in [5.41, 5.74) is 3.10. The lowest BCUT2D eigenvalue weighted by atomic mass is 9.98. The van der Waals surface area contributed by atoms with Crippen molar-refractivity contribution in [2.45, 2.75) is 26.4 Å². The van der Waals surface area contributed by atoms with Crippen molar-refractivity contribution in [2.24, 2.45) is 5.92 Å². The molecule has 1 aliphatic heterocycles. The van der Waals surface area contributed by atoms with Crippen LogP contribution in [0.4, 0.5) is 11.4 Å². The Morgan fingerprint density at radius 3 is 2.78 bits per heavy atom. The molecule has 0 atom stereocenters. The van der Waals surface area contributed by atoms with Gasteiger partial charge in [-0.05, 0) is 48.6 Å². The summed E-state index contributed by atoms with van der Waals surface area (Å²) < 4.78 is 0. The van der Waals surface area contributed by atoms with Crippen LogP contribution in [0, 0.1) is 5.92 Å². The zero-order chi connectivity index (χ0) is 16.2. The minimum atomic E-state index is -0.170. The van der Waals surface area contributed by atoms with Crippen molar-refractivity contribution >= 4 is 17.3 Å². The first-order chi connectivity index (χ1) is 11.2. The molecule has 3 N–H and O–H groups in total. The molecule has 1 fully saturated rings. The average Bonchev–Trinajstić information content (AvgIpc) is 3.10. The number of hydrogen-bond donors (Lipinski definition) is 3. The number of H-pyrrole nitrogens is 1. The van der Waals surface area contributed by atoms with Gasteiger partial charge in [-0.25, -0.2) is 0 Å².